The number of aromatic nitrogens is 1. The summed E-state index contributed by atoms with van der Waals surface area (Å²) in [6.45, 7) is 2.84. The van der Waals surface area contributed by atoms with Gasteiger partial charge in [0.1, 0.15) is 5.75 Å². The number of ether oxygens (including phenoxy) is 2. The van der Waals surface area contributed by atoms with Crippen LogP contribution in [0, 0.1) is 0 Å². The van der Waals surface area contributed by atoms with Crippen molar-refractivity contribution >= 4 is 11.7 Å². The molecule has 0 N–H and O–H groups in total. The summed E-state index contributed by atoms with van der Waals surface area (Å²) in [5.74, 6) is 0.763. The fraction of sp³-hybridized carbons (Fsp3) is 0.333. The first-order valence-corrected chi connectivity index (χ1v) is 7.95. The number of hydrogen-bond donors (Lipinski definition) is 0. The molecule has 1 aromatic carbocycles. The highest BCUT2D eigenvalue weighted by molar-refractivity contribution is 5.92. The number of hydrogen-bond acceptors (Lipinski definition) is 4. The number of pyridine rings is 1. The Bertz CT molecular complexity index is 655. The van der Waals surface area contributed by atoms with Gasteiger partial charge in [0.05, 0.1) is 26.9 Å². The average Bonchev–Trinajstić information content (AvgIpc) is 2.67. The van der Waals surface area contributed by atoms with Crippen molar-refractivity contribution < 1.29 is 14.3 Å². The lowest BCUT2D eigenvalue weighted by Gasteiger charge is -2.33. The molecule has 6 nitrogen and oxygen atoms in total. The van der Waals surface area contributed by atoms with Crippen LogP contribution in [-0.2, 0) is 11.3 Å². The number of morpholine rings is 1. The summed E-state index contributed by atoms with van der Waals surface area (Å²) in [7, 11) is 1.63. The molecule has 3 rings (SSSR count). The van der Waals surface area contributed by atoms with Crippen molar-refractivity contribution in [2.75, 3.05) is 38.3 Å². The molecule has 0 radical (unpaired) electrons. The lowest BCUT2D eigenvalue weighted by molar-refractivity contribution is 0.0548. The Kier molecular flexibility index (Phi) is 5.28. The second-order valence-electron chi connectivity index (χ2n) is 5.53. The van der Waals surface area contributed by atoms with Gasteiger partial charge in [0.15, 0.2) is 0 Å². The number of urea groups is 1. The second-order valence-corrected chi connectivity index (χ2v) is 5.53. The summed E-state index contributed by atoms with van der Waals surface area (Å²) < 4.78 is 10.5. The number of nitrogens with zero attached hydrogens (tertiary/aromatic N) is 3. The molecular formula is C18H21N3O3. The van der Waals surface area contributed by atoms with E-state index in [-0.39, 0.29) is 6.03 Å². The molecule has 1 fully saturated rings. The fourth-order valence-corrected chi connectivity index (χ4v) is 2.63. The predicted octanol–water partition coefficient (Wildman–Crippen LogP) is 2.55. The zero-order valence-electron chi connectivity index (χ0n) is 13.7. The molecule has 24 heavy (non-hydrogen) atoms. The van der Waals surface area contributed by atoms with Gasteiger partial charge in [-0.2, -0.15) is 0 Å². The zero-order chi connectivity index (χ0) is 16.8. The average molecular weight is 327 g/mol. The van der Waals surface area contributed by atoms with Crippen LogP contribution in [-0.4, -0.2) is 49.3 Å². The number of anilines is 1. The van der Waals surface area contributed by atoms with Gasteiger partial charge in [-0.05, 0) is 35.9 Å². The van der Waals surface area contributed by atoms with Gasteiger partial charge in [0.2, 0.25) is 0 Å². The molecule has 126 valence electrons. The van der Waals surface area contributed by atoms with Crippen LogP contribution in [0.1, 0.15) is 5.56 Å². The third kappa shape index (κ3) is 3.83. The van der Waals surface area contributed by atoms with E-state index in [4.69, 9.17) is 9.47 Å². The van der Waals surface area contributed by atoms with Gasteiger partial charge >= 0.3 is 6.03 Å². The summed E-state index contributed by atoms with van der Waals surface area (Å²) >= 11 is 0. The maximum Gasteiger partial charge on any atom is 0.324 e. The van der Waals surface area contributed by atoms with Gasteiger partial charge in [-0.1, -0.05) is 6.07 Å². The quantitative estimate of drug-likeness (QED) is 0.866. The molecule has 1 aliphatic heterocycles. The van der Waals surface area contributed by atoms with Crippen LogP contribution < -0.4 is 9.64 Å². The molecule has 6 heteroatoms. The number of carbonyl (C=O) groups excluding carboxylic acids is 1. The minimum Gasteiger partial charge on any atom is -0.497 e. The maximum atomic E-state index is 13.0. The van der Waals surface area contributed by atoms with Crippen LogP contribution in [0.3, 0.4) is 0 Å². The maximum absolute atomic E-state index is 13.0. The standard InChI is InChI=1S/C18H21N3O3/c1-23-17-6-4-16(5-7-17)21(14-15-3-2-8-19-13-15)18(22)20-9-11-24-12-10-20/h2-8,13H,9-12,14H2,1H3. The normalized spacial score (nSPS) is 14.3. The molecular weight excluding hydrogens is 306 g/mol. The monoisotopic (exact) mass is 327 g/mol. The van der Waals surface area contributed by atoms with Gasteiger partial charge < -0.3 is 14.4 Å². The van der Waals surface area contributed by atoms with Crippen molar-refractivity contribution in [3.8, 4) is 5.75 Å². The van der Waals surface area contributed by atoms with E-state index in [0.717, 1.165) is 17.0 Å². The van der Waals surface area contributed by atoms with Gasteiger partial charge in [0.25, 0.3) is 0 Å². The van der Waals surface area contributed by atoms with Crippen molar-refractivity contribution in [3.05, 3.63) is 54.4 Å². The van der Waals surface area contributed by atoms with E-state index in [0.29, 0.717) is 32.8 Å². The molecule has 0 spiro atoms. The van der Waals surface area contributed by atoms with Crippen LogP contribution in [0.15, 0.2) is 48.8 Å². The van der Waals surface area contributed by atoms with E-state index in [1.54, 1.807) is 24.4 Å². The molecule has 1 saturated heterocycles. The first kappa shape index (κ1) is 16.3. The van der Waals surface area contributed by atoms with Crippen molar-refractivity contribution in [3.63, 3.8) is 0 Å². The zero-order valence-corrected chi connectivity index (χ0v) is 13.7. The van der Waals surface area contributed by atoms with Crippen molar-refractivity contribution in [1.29, 1.82) is 0 Å². The topological polar surface area (TPSA) is 54.9 Å². The largest absolute Gasteiger partial charge is 0.497 e. The summed E-state index contributed by atoms with van der Waals surface area (Å²) in [6.07, 6.45) is 3.51. The second kappa shape index (κ2) is 7.79. The third-order valence-electron chi connectivity index (χ3n) is 3.96. The highest BCUT2D eigenvalue weighted by Gasteiger charge is 2.24. The molecule has 1 aromatic heterocycles. The fourth-order valence-electron chi connectivity index (χ4n) is 2.63. The summed E-state index contributed by atoms with van der Waals surface area (Å²) in [4.78, 5) is 20.7. The molecule has 0 atom stereocenters. The van der Waals surface area contributed by atoms with Crippen molar-refractivity contribution in [2.45, 2.75) is 6.54 Å². The number of amides is 2. The number of methoxy groups -OCH3 is 1. The van der Waals surface area contributed by atoms with E-state index in [2.05, 4.69) is 4.98 Å². The van der Waals surface area contributed by atoms with Gasteiger partial charge in [-0.3, -0.25) is 9.88 Å². The molecule has 2 aromatic rings. The van der Waals surface area contributed by atoms with E-state index >= 15 is 0 Å². The van der Waals surface area contributed by atoms with E-state index < -0.39 is 0 Å². The molecule has 2 amide bonds. The molecule has 0 unspecified atom stereocenters. The Morgan fingerprint density at radius 2 is 2.00 bits per heavy atom. The van der Waals surface area contributed by atoms with Crippen LogP contribution >= 0.6 is 0 Å². The summed E-state index contributed by atoms with van der Waals surface area (Å²) in [5, 5.41) is 0. The Morgan fingerprint density at radius 1 is 1.25 bits per heavy atom. The molecule has 0 aliphatic carbocycles. The molecule has 2 heterocycles. The Morgan fingerprint density at radius 3 is 2.62 bits per heavy atom. The highest BCUT2D eigenvalue weighted by Crippen LogP contribution is 2.22. The lowest BCUT2D eigenvalue weighted by Crippen LogP contribution is -2.48. The molecule has 1 aliphatic rings. The smallest absolute Gasteiger partial charge is 0.324 e. The third-order valence-corrected chi connectivity index (χ3v) is 3.96. The number of rotatable bonds is 4. The number of carbonyl (C=O) groups is 1. The highest BCUT2D eigenvalue weighted by atomic mass is 16.5. The van der Waals surface area contributed by atoms with Crippen LogP contribution in [0.4, 0.5) is 10.5 Å². The van der Waals surface area contributed by atoms with E-state index in [9.17, 15) is 4.79 Å². The van der Waals surface area contributed by atoms with Gasteiger partial charge in [-0.15, -0.1) is 0 Å². The van der Waals surface area contributed by atoms with Gasteiger partial charge in [0, 0.05) is 31.2 Å². The van der Waals surface area contributed by atoms with Crippen molar-refractivity contribution in [2.24, 2.45) is 0 Å². The Labute approximate surface area is 141 Å². The number of benzene rings is 1. The van der Waals surface area contributed by atoms with Crippen LogP contribution in [0.2, 0.25) is 0 Å². The first-order chi connectivity index (χ1) is 11.8. The lowest BCUT2D eigenvalue weighted by atomic mass is 10.2. The Balaban J connectivity index is 1.85. The minimum absolute atomic E-state index is 0.0210. The van der Waals surface area contributed by atoms with Crippen LogP contribution in [0.25, 0.3) is 0 Å². The summed E-state index contributed by atoms with van der Waals surface area (Å²) in [5.41, 5.74) is 1.81. The van der Waals surface area contributed by atoms with E-state index in [1.165, 1.54) is 0 Å². The minimum atomic E-state index is -0.0210. The predicted molar refractivity (Wildman–Crippen MR) is 91.2 cm³/mol. The van der Waals surface area contributed by atoms with Crippen LogP contribution in [0.5, 0.6) is 5.75 Å². The first-order valence-electron chi connectivity index (χ1n) is 7.95. The van der Waals surface area contributed by atoms with E-state index in [1.807, 2.05) is 41.3 Å². The summed E-state index contributed by atoms with van der Waals surface area (Å²) in [6, 6.07) is 11.3. The van der Waals surface area contributed by atoms with Gasteiger partial charge in [-0.25, -0.2) is 4.79 Å². The van der Waals surface area contributed by atoms with Crippen molar-refractivity contribution in [1.82, 2.24) is 9.88 Å². The SMILES string of the molecule is COc1ccc(N(Cc2cccnc2)C(=O)N2CCOCC2)cc1. The molecule has 0 bridgehead atoms. The molecule has 0 saturated carbocycles. The Hall–Kier alpha value is -2.60.